The number of carbonyl (C=O) groups excluding carboxylic acids is 1. The molecule has 1 N–H and O–H groups in total. The van der Waals surface area contributed by atoms with Crippen LogP contribution in [0.25, 0.3) is 10.8 Å². The molecule has 3 aromatic rings. The van der Waals surface area contributed by atoms with Gasteiger partial charge in [-0.2, -0.15) is 0 Å². The van der Waals surface area contributed by atoms with Crippen LogP contribution in [0.15, 0.2) is 33.5 Å². The van der Waals surface area contributed by atoms with Crippen molar-refractivity contribution in [3.05, 3.63) is 61.5 Å². The lowest BCUT2D eigenvalue weighted by Gasteiger charge is -2.34. The number of halogens is 1. The van der Waals surface area contributed by atoms with E-state index in [0.717, 1.165) is 11.1 Å². The summed E-state index contributed by atoms with van der Waals surface area (Å²) in [5.74, 6) is -0.299. The fourth-order valence-electron chi connectivity index (χ4n) is 3.85. The zero-order chi connectivity index (χ0) is 21.7. The van der Waals surface area contributed by atoms with Crippen LogP contribution in [0.1, 0.15) is 33.2 Å². The summed E-state index contributed by atoms with van der Waals surface area (Å²) >= 11 is 3.32. The van der Waals surface area contributed by atoms with E-state index in [1.807, 2.05) is 6.92 Å². The van der Waals surface area contributed by atoms with Crippen molar-refractivity contribution >= 4 is 72.5 Å². The first-order chi connectivity index (χ1) is 14.2. The highest BCUT2D eigenvalue weighted by Crippen LogP contribution is 2.33. The number of hydrogen-bond acceptors (Lipinski definition) is 3. The summed E-state index contributed by atoms with van der Waals surface area (Å²) in [7, 11) is 19.9. The van der Waals surface area contributed by atoms with Gasteiger partial charge in [0, 0.05) is 33.7 Å². The third kappa shape index (κ3) is 3.34. The average Bonchev–Trinajstić information content (AvgIpc) is 2.72. The fourth-order valence-corrected chi connectivity index (χ4v) is 4.20. The van der Waals surface area contributed by atoms with Gasteiger partial charge in [-0.1, -0.05) is 43.9 Å². The minimum atomic E-state index is -0.438. The maximum Gasteiger partial charge on any atom is 0.256 e. The zero-order valence-corrected chi connectivity index (χ0v) is 18.2. The smallest absolute Gasteiger partial charge is 0.256 e. The van der Waals surface area contributed by atoms with E-state index in [9.17, 15) is 9.59 Å². The Morgan fingerprint density at radius 1 is 1.20 bits per heavy atom. The van der Waals surface area contributed by atoms with Crippen molar-refractivity contribution in [2.45, 2.75) is 19.6 Å². The fraction of sp³-hybridized carbons (Fsp3) is 0.238. The van der Waals surface area contributed by atoms with E-state index < -0.39 is 6.04 Å². The van der Waals surface area contributed by atoms with Crippen molar-refractivity contribution in [1.82, 2.24) is 9.88 Å². The van der Waals surface area contributed by atoms with Crippen LogP contribution in [0.5, 0.6) is 0 Å². The van der Waals surface area contributed by atoms with Gasteiger partial charge in [-0.05, 0) is 30.5 Å². The molecule has 9 heteroatoms. The molecule has 1 unspecified atom stereocenters. The lowest BCUT2D eigenvalue weighted by Crippen LogP contribution is -2.41. The van der Waals surface area contributed by atoms with Gasteiger partial charge in [-0.15, -0.1) is 0 Å². The van der Waals surface area contributed by atoms with E-state index in [0.29, 0.717) is 37.4 Å². The molecule has 1 amide bonds. The van der Waals surface area contributed by atoms with Crippen LogP contribution >= 0.6 is 15.9 Å². The summed E-state index contributed by atoms with van der Waals surface area (Å²) in [4.78, 5) is 30.3. The second-order valence-corrected chi connectivity index (χ2v) is 8.32. The number of benzene rings is 2. The predicted molar refractivity (Wildman–Crippen MR) is 124 cm³/mol. The maximum absolute atomic E-state index is 13.3. The Balaban J connectivity index is 1.86. The molecule has 0 saturated heterocycles. The van der Waals surface area contributed by atoms with Crippen LogP contribution < -0.4 is 21.9 Å². The summed E-state index contributed by atoms with van der Waals surface area (Å²) in [6.07, 6.45) is 0. The largest absolute Gasteiger partial charge is 0.373 e. The molecule has 1 atom stereocenters. The molecule has 5 nitrogen and oxygen atoms in total. The lowest BCUT2D eigenvalue weighted by molar-refractivity contribution is 0.0336. The second-order valence-electron chi connectivity index (χ2n) is 7.47. The Kier molecular flexibility index (Phi) is 5.45. The molecule has 0 spiro atoms. The highest BCUT2D eigenvalue weighted by atomic mass is 79.9. The highest BCUT2D eigenvalue weighted by molar-refractivity contribution is 9.10. The van der Waals surface area contributed by atoms with Gasteiger partial charge in [0.25, 0.3) is 11.5 Å². The van der Waals surface area contributed by atoms with Crippen molar-refractivity contribution in [2.24, 2.45) is 0 Å². The van der Waals surface area contributed by atoms with E-state index in [1.165, 1.54) is 0 Å². The molecule has 1 aromatic heterocycles. The monoisotopic (exact) mass is 456 g/mol. The van der Waals surface area contributed by atoms with Crippen molar-refractivity contribution in [3.63, 3.8) is 0 Å². The quantitative estimate of drug-likeness (QED) is 0.565. The Bertz CT molecular complexity index is 1260. The van der Waals surface area contributed by atoms with Gasteiger partial charge in [0.1, 0.15) is 23.5 Å². The summed E-state index contributed by atoms with van der Waals surface area (Å²) in [5, 5.41) is 1.24. The number of rotatable bonds is 2. The van der Waals surface area contributed by atoms with E-state index in [-0.39, 0.29) is 30.1 Å². The number of nitrogens with one attached hydrogen (secondary N) is 1. The van der Waals surface area contributed by atoms with Gasteiger partial charge >= 0.3 is 0 Å². The summed E-state index contributed by atoms with van der Waals surface area (Å²) in [6.45, 7) is 2.38. The first-order valence-electron chi connectivity index (χ1n) is 9.34. The third-order valence-electron chi connectivity index (χ3n) is 5.64. The number of nitrogens with zero attached hydrogens (tertiary/aromatic N) is 1. The van der Waals surface area contributed by atoms with Crippen LogP contribution in [-0.2, 0) is 11.3 Å². The minimum absolute atomic E-state index is 0.212. The molecule has 0 saturated carbocycles. The molecule has 30 heavy (non-hydrogen) atoms. The van der Waals surface area contributed by atoms with E-state index in [4.69, 9.17) is 28.3 Å². The minimum Gasteiger partial charge on any atom is -0.373 e. The normalized spacial score (nSPS) is 15.8. The van der Waals surface area contributed by atoms with E-state index in [2.05, 4.69) is 20.9 Å². The molecular weight excluding hydrogens is 441 g/mol. The Labute approximate surface area is 186 Å². The van der Waals surface area contributed by atoms with Gasteiger partial charge in [0.05, 0.1) is 19.3 Å². The molecule has 6 radical (unpaired) electrons. The summed E-state index contributed by atoms with van der Waals surface area (Å²) in [6, 6.07) is 6.44. The highest BCUT2D eigenvalue weighted by Gasteiger charge is 2.31. The molecule has 2 heterocycles. The molecule has 1 aliphatic rings. The molecule has 0 bridgehead atoms. The number of aromatic amines is 1. The number of aryl methyl sites for hydroxylation is 1. The second kappa shape index (κ2) is 7.78. The molecule has 0 fully saturated rings. The van der Waals surface area contributed by atoms with Gasteiger partial charge in [0.2, 0.25) is 0 Å². The molecule has 144 valence electrons. The van der Waals surface area contributed by atoms with Crippen LogP contribution in [0, 0.1) is 6.92 Å². The third-order valence-corrected chi connectivity index (χ3v) is 6.33. The number of H-pyrrole nitrogens is 1. The molecular formula is C21H16B3BrN2O3. The Hall–Kier alpha value is -2.25. The van der Waals surface area contributed by atoms with Gasteiger partial charge in [-0.3, -0.25) is 9.59 Å². The summed E-state index contributed by atoms with van der Waals surface area (Å²) in [5.41, 5.74) is 3.47. The average molecular weight is 457 g/mol. The first-order valence-corrected chi connectivity index (χ1v) is 10.1. The maximum atomic E-state index is 13.3. The standard InChI is InChI=1S/C21H16B3BrN2O3/c1-9-5-12-11(6-13(9)22)17-15(26-20(12)28)7-30-8-16(17)27(2)21(29)10-3-4-14(25)19(24)18(10)23/h3-6,16H,7-8H2,1-2H3,(H,26,28). The number of hydrogen-bond donors (Lipinski definition) is 1. The van der Waals surface area contributed by atoms with Gasteiger partial charge in [0.15, 0.2) is 0 Å². The lowest BCUT2D eigenvalue weighted by atomic mass is 9.77. The van der Waals surface area contributed by atoms with Crippen LogP contribution in [-0.4, -0.2) is 53.0 Å². The van der Waals surface area contributed by atoms with Crippen LogP contribution in [0.2, 0.25) is 0 Å². The number of carbonyl (C=O) groups is 1. The van der Waals surface area contributed by atoms with Crippen molar-refractivity contribution in [2.75, 3.05) is 13.7 Å². The SMILES string of the molecule is [B]c1cc2c3c([nH]c(=O)c2cc1C)COCC3N(C)C(=O)c1ccc(Br)c([B])c1[B]. The van der Waals surface area contributed by atoms with Crippen molar-refractivity contribution < 1.29 is 9.53 Å². The van der Waals surface area contributed by atoms with Gasteiger partial charge < -0.3 is 14.6 Å². The van der Waals surface area contributed by atoms with E-state index >= 15 is 0 Å². The molecule has 4 rings (SSSR count). The van der Waals surface area contributed by atoms with Crippen LogP contribution in [0.4, 0.5) is 0 Å². The van der Waals surface area contributed by atoms with E-state index in [1.54, 1.807) is 36.2 Å². The number of fused-ring (bicyclic) bond motifs is 3. The van der Waals surface area contributed by atoms with Gasteiger partial charge in [-0.25, -0.2) is 0 Å². The molecule has 0 aliphatic carbocycles. The number of likely N-dealkylation sites (N-methyl/N-ethyl adjacent to an activating group) is 1. The number of ether oxygens (including phenoxy) is 1. The molecule has 2 aromatic carbocycles. The Morgan fingerprint density at radius 3 is 2.67 bits per heavy atom. The number of aromatic nitrogens is 1. The molecule has 1 aliphatic heterocycles. The van der Waals surface area contributed by atoms with Crippen LogP contribution in [0.3, 0.4) is 0 Å². The topological polar surface area (TPSA) is 62.4 Å². The number of pyridine rings is 1. The predicted octanol–water partition coefficient (Wildman–Crippen LogP) is 0.324. The summed E-state index contributed by atoms with van der Waals surface area (Å²) < 4.78 is 6.31. The first kappa shape index (κ1) is 21.0. The Morgan fingerprint density at radius 2 is 1.93 bits per heavy atom. The van der Waals surface area contributed by atoms with Crippen molar-refractivity contribution in [1.29, 1.82) is 0 Å². The zero-order valence-electron chi connectivity index (χ0n) is 16.6. The van der Waals surface area contributed by atoms with Crippen molar-refractivity contribution in [3.8, 4) is 0 Å². The number of amides is 1.